The number of ether oxygens (including phenoxy) is 2. The molecule has 0 atom stereocenters. The van der Waals surface area contributed by atoms with Gasteiger partial charge in [-0.25, -0.2) is 14.4 Å². The Bertz CT molecular complexity index is 1040. The molecular weight excluding hydrogens is 407 g/mol. The summed E-state index contributed by atoms with van der Waals surface area (Å²) in [7, 11) is 1.60. The van der Waals surface area contributed by atoms with E-state index in [2.05, 4.69) is 9.97 Å². The molecule has 0 bridgehead atoms. The molecule has 7 heteroatoms. The van der Waals surface area contributed by atoms with E-state index in [1.165, 1.54) is 12.1 Å². The molecule has 0 radical (unpaired) electrons. The van der Waals surface area contributed by atoms with Crippen LogP contribution in [0.1, 0.15) is 25.5 Å². The normalized spacial score (nSPS) is 10.7. The molecule has 1 aromatic heterocycles. The van der Waals surface area contributed by atoms with Gasteiger partial charge in [0.1, 0.15) is 11.6 Å². The maximum atomic E-state index is 14.0. The molecule has 0 aliphatic heterocycles. The minimum Gasteiger partial charge on any atom is -0.497 e. The maximum Gasteiger partial charge on any atom is 0.305 e. The zero-order valence-corrected chi connectivity index (χ0v) is 17.6. The van der Waals surface area contributed by atoms with Crippen molar-refractivity contribution < 1.29 is 18.7 Å². The molecule has 3 rings (SSSR count). The van der Waals surface area contributed by atoms with Crippen LogP contribution in [0.3, 0.4) is 0 Å². The number of rotatable bonds is 8. The van der Waals surface area contributed by atoms with Crippen molar-refractivity contribution in [2.45, 2.75) is 26.2 Å². The highest BCUT2D eigenvalue weighted by molar-refractivity contribution is 6.30. The van der Waals surface area contributed by atoms with Crippen molar-refractivity contribution in [1.29, 1.82) is 0 Å². The van der Waals surface area contributed by atoms with Crippen LogP contribution < -0.4 is 4.74 Å². The molecule has 0 saturated carbocycles. The van der Waals surface area contributed by atoms with Crippen molar-refractivity contribution in [1.82, 2.24) is 9.97 Å². The predicted molar refractivity (Wildman–Crippen MR) is 114 cm³/mol. The highest BCUT2D eigenvalue weighted by Crippen LogP contribution is 2.27. The van der Waals surface area contributed by atoms with Gasteiger partial charge in [0.2, 0.25) is 0 Å². The van der Waals surface area contributed by atoms with Gasteiger partial charge in [0.25, 0.3) is 0 Å². The average molecular weight is 429 g/mol. The molecule has 0 aliphatic rings. The fraction of sp³-hybridized carbons (Fsp3) is 0.261. The van der Waals surface area contributed by atoms with Crippen LogP contribution in [0.5, 0.6) is 5.75 Å². The van der Waals surface area contributed by atoms with Gasteiger partial charge in [-0.05, 0) is 56.2 Å². The van der Waals surface area contributed by atoms with Gasteiger partial charge in [0.15, 0.2) is 5.82 Å². The van der Waals surface area contributed by atoms with Crippen LogP contribution in [-0.2, 0) is 16.0 Å². The van der Waals surface area contributed by atoms with E-state index in [1.807, 2.05) is 30.3 Å². The van der Waals surface area contributed by atoms with Crippen LogP contribution in [0.15, 0.2) is 48.5 Å². The Morgan fingerprint density at radius 3 is 2.67 bits per heavy atom. The number of esters is 1. The van der Waals surface area contributed by atoms with Crippen molar-refractivity contribution in [3.63, 3.8) is 0 Å². The predicted octanol–water partition coefficient (Wildman–Crippen LogP) is 5.50. The summed E-state index contributed by atoms with van der Waals surface area (Å²) in [4.78, 5) is 20.8. The Morgan fingerprint density at radius 2 is 1.93 bits per heavy atom. The van der Waals surface area contributed by atoms with Crippen molar-refractivity contribution in [3.05, 3.63) is 65.1 Å². The minimum atomic E-state index is -0.534. The molecule has 0 amide bonds. The van der Waals surface area contributed by atoms with Gasteiger partial charge >= 0.3 is 5.97 Å². The summed E-state index contributed by atoms with van der Waals surface area (Å²) in [6.45, 7) is 2.14. The van der Waals surface area contributed by atoms with E-state index in [0.717, 1.165) is 11.3 Å². The monoisotopic (exact) mass is 428 g/mol. The minimum absolute atomic E-state index is 0.0392. The molecule has 3 aromatic rings. The van der Waals surface area contributed by atoms with Crippen LogP contribution in [-0.4, -0.2) is 29.7 Å². The van der Waals surface area contributed by atoms with Gasteiger partial charge in [-0.1, -0.05) is 23.7 Å². The van der Waals surface area contributed by atoms with Gasteiger partial charge in [0, 0.05) is 23.2 Å². The van der Waals surface area contributed by atoms with Crippen LogP contribution in [0, 0.1) is 5.82 Å². The van der Waals surface area contributed by atoms with E-state index in [9.17, 15) is 9.18 Å². The molecule has 0 spiro atoms. The Labute approximate surface area is 179 Å². The molecule has 2 aromatic carbocycles. The average Bonchev–Trinajstić information content (AvgIpc) is 2.75. The number of aromatic nitrogens is 2. The Hall–Kier alpha value is -2.99. The second-order valence-electron chi connectivity index (χ2n) is 6.59. The quantitative estimate of drug-likeness (QED) is 0.443. The number of aryl methyl sites for hydroxylation is 1. The molecule has 0 fully saturated rings. The van der Waals surface area contributed by atoms with E-state index < -0.39 is 5.82 Å². The molecule has 0 N–H and O–H groups in total. The van der Waals surface area contributed by atoms with Crippen molar-refractivity contribution in [3.8, 4) is 28.4 Å². The first-order valence-corrected chi connectivity index (χ1v) is 10.0. The summed E-state index contributed by atoms with van der Waals surface area (Å²) < 4.78 is 24.3. The first-order chi connectivity index (χ1) is 14.5. The highest BCUT2D eigenvalue weighted by Gasteiger charge is 2.12. The SMILES string of the molecule is CCOC(=O)CCCc1cc(-c2cccc(OC)c2)nc(-c2ccc(Cl)c(F)c2)n1. The number of halogens is 2. The van der Waals surface area contributed by atoms with Gasteiger partial charge < -0.3 is 9.47 Å². The Balaban J connectivity index is 1.96. The number of hydrogen-bond acceptors (Lipinski definition) is 5. The zero-order valence-electron chi connectivity index (χ0n) is 16.8. The first-order valence-electron chi connectivity index (χ1n) is 9.63. The van der Waals surface area contributed by atoms with Crippen LogP contribution >= 0.6 is 11.6 Å². The van der Waals surface area contributed by atoms with Gasteiger partial charge in [0.05, 0.1) is 24.4 Å². The van der Waals surface area contributed by atoms with Crippen LogP contribution in [0.4, 0.5) is 4.39 Å². The first kappa shape index (κ1) is 21.7. The molecule has 5 nitrogen and oxygen atoms in total. The summed E-state index contributed by atoms with van der Waals surface area (Å²) >= 11 is 5.81. The largest absolute Gasteiger partial charge is 0.497 e. The number of carbonyl (C=O) groups is 1. The van der Waals surface area contributed by atoms with Crippen molar-refractivity contribution in [2.75, 3.05) is 13.7 Å². The van der Waals surface area contributed by atoms with Crippen LogP contribution in [0.2, 0.25) is 5.02 Å². The smallest absolute Gasteiger partial charge is 0.305 e. The lowest BCUT2D eigenvalue weighted by molar-refractivity contribution is -0.143. The third-order valence-corrected chi connectivity index (χ3v) is 4.75. The number of nitrogens with zero attached hydrogens (tertiary/aromatic N) is 2. The topological polar surface area (TPSA) is 61.3 Å². The maximum absolute atomic E-state index is 14.0. The highest BCUT2D eigenvalue weighted by atomic mass is 35.5. The molecule has 0 saturated heterocycles. The van der Waals surface area contributed by atoms with Gasteiger partial charge in [-0.3, -0.25) is 4.79 Å². The molecular formula is C23H22ClFN2O3. The lowest BCUT2D eigenvalue weighted by Crippen LogP contribution is -2.05. The molecule has 30 heavy (non-hydrogen) atoms. The summed E-state index contributed by atoms with van der Waals surface area (Å²) in [6.07, 6.45) is 1.44. The number of hydrogen-bond donors (Lipinski definition) is 0. The lowest BCUT2D eigenvalue weighted by Gasteiger charge is -2.10. The Morgan fingerprint density at radius 1 is 1.10 bits per heavy atom. The van der Waals surface area contributed by atoms with Crippen molar-refractivity contribution >= 4 is 17.6 Å². The summed E-state index contributed by atoms with van der Waals surface area (Å²) in [5, 5.41) is 0.0392. The number of methoxy groups -OCH3 is 1. The molecule has 0 aliphatic carbocycles. The second-order valence-corrected chi connectivity index (χ2v) is 6.99. The fourth-order valence-electron chi connectivity index (χ4n) is 2.97. The van der Waals surface area contributed by atoms with E-state index >= 15 is 0 Å². The van der Waals surface area contributed by atoms with Gasteiger partial charge in [-0.2, -0.15) is 0 Å². The van der Waals surface area contributed by atoms with E-state index in [-0.39, 0.29) is 11.0 Å². The Kier molecular flexibility index (Phi) is 7.36. The third kappa shape index (κ3) is 5.54. The summed E-state index contributed by atoms with van der Waals surface area (Å²) in [5.41, 5.74) is 2.80. The number of carbonyl (C=O) groups excluding carboxylic acids is 1. The number of benzene rings is 2. The lowest BCUT2D eigenvalue weighted by atomic mass is 10.1. The summed E-state index contributed by atoms with van der Waals surface area (Å²) in [6, 6.07) is 13.9. The van der Waals surface area contributed by atoms with Crippen molar-refractivity contribution in [2.24, 2.45) is 0 Å². The van der Waals surface area contributed by atoms with Crippen LogP contribution in [0.25, 0.3) is 22.6 Å². The standard InChI is InChI=1S/C23H22ClFN2O3/c1-3-30-22(28)9-5-7-17-14-21(15-6-4-8-18(12-15)29-2)27-23(26-17)16-10-11-19(24)20(25)13-16/h4,6,8,10-14H,3,5,7,9H2,1-2H3. The van der Waals surface area contributed by atoms with E-state index in [4.69, 9.17) is 21.1 Å². The molecule has 156 valence electrons. The molecule has 1 heterocycles. The van der Waals surface area contributed by atoms with E-state index in [1.54, 1.807) is 20.1 Å². The fourth-order valence-corrected chi connectivity index (χ4v) is 3.08. The zero-order chi connectivity index (χ0) is 21.5. The molecule has 0 unspecified atom stereocenters. The summed E-state index contributed by atoms with van der Waals surface area (Å²) in [5.74, 6) is 0.319. The second kappa shape index (κ2) is 10.2. The van der Waals surface area contributed by atoms with E-state index in [0.29, 0.717) is 48.7 Å². The van der Waals surface area contributed by atoms with Gasteiger partial charge in [-0.15, -0.1) is 0 Å². The third-order valence-electron chi connectivity index (χ3n) is 4.44.